The number of carbonyl (C=O) groups is 1. The molecule has 0 saturated carbocycles. The second kappa shape index (κ2) is 9.34. The second-order valence-corrected chi connectivity index (χ2v) is 8.77. The van der Waals surface area contributed by atoms with Crippen LogP contribution in [0.15, 0.2) is 23.1 Å². The maximum Gasteiger partial charge on any atom is 0.253 e. The minimum Gasteiger partial charge on any atom is -0.385 e. The van der Waals surface area contributed by atoms with Gasteiger partial charge in [-0.2, -0.15) is 0 Å². The zero-order valence-corrected chi connectivity index (χ0v) is 16.6. The topological polar surface area (TPSA) is 78.9 Å². The monoisotopic (exact) mass is 383 g/mol. The summed E-state index contributed by atoms with van der Waals surface area (Å²) >= 11 is 0. The average molecular weight is 384 g/mol. The highest BCUT2D eigenvalue weighted by molar-refractivity contribution is 7.89. The lowest BCUT2D eigenvalue weighted by atomic mass is 10.1. The Hall–Kier alpha value is -1.64. The van der Waals surface area contributed by atoms with E-state index in [4.69, 9.17) is 4.74 Å². The van der Waals surface area contributed by atoms with Gasteiger partial charge in [0.05, 0.1) is 10.5 Å². The normalized spacial score (nSPS) is 14.8. The lowest BCUT2D eigenvalue weighted by molar-refractivity contribution is 0.0951. The average Bonchev–Trinajstić information content (AvgIpc) is 3.15. The van der Waals surface area contributed by atoms with Gasteiger partial charge in [-0.05, 0) is 43.9 Å². The molecule has 26 heavy (non-hydrogen) atoms. The number of nitrogens with zero attached hydrogens (tertiary/aromatic N) is 2. The van der Waals surface area contributed by atoms with E-state index in [1.54, 1.807) is 19.2 Å². The Bertz CT molecular complexity index is 713. The van der Waals surface area contributed by atoms with Gasteiger partial charge in [-0.3, -0.25) is 4.79 Å². The van der Waals surface area contributed by atoms with Crippen molar-refractivity contribution in [3.8, 4) is 0 Å². The van der Waals surface area contributed by atoms with Crippen molar-refractivity contribution in [2.45, 2.75) is 30.6 Å². The summed E-state index contributed by atoms with van der Waals surface area (Å²) in [4.78, 5) is 15.0. The number of carbonyl (C=O) groups excluding carboxylic acids is 1. The minimum absolute atomic E-state index is 0.134. The van der Waals surface area contributed by atoms with E-state index in [0.717, 1.165) is 48.8 Å². The number of rotatable bonds is 9. The Kier molecular flexibility index (Phi) is 7.43. The Labute approximate surface area is 156 Å². The van der Waals surface area contributed by atoms with Crippen LogP contribution in [0.1, 0.15) is 36.0 Å². The molecule has 1 N–H and O–H groups in total. The molecule has 8 heteroatoms. The van der Waals surface area contributed by atoms with Gasteiger partial charge >= 0.3 is 0 Å². The predicted molar refractivity (Wildman–Crippen MR) is 102 cm³/mol. The van der Waals surface area contributed by atoms with E-state index < -0.39 is 10.0 Å². The van der Waals surface area contributed by atoms with Crippen molar-refractivity contribution in [2.24, 2.45) is 0 Å². The van der Waals surface area contributed by atoms with Gasteiger partial charge in [0.1, 0.15) is 0 Å². The maximum atomic E-state index is 12.7. The quantitative estimate of drug-likeness (QED) is 0.657. The maximum absolute atomic E-state index is 12.7. The van der Waals surface area contributed by atoms with Crippen LogP contribution in [0.2, 0.25) is 0 Å². The summed E-state index contributed by atoms with van der Waals surface area (Å²) in [6.07, 6.45) is 3.84. The Morgan fingerprint density at radius 3 is 2.54 bits per heavy atom. The fourth-order valence-electron chi connectivity index (χ4n) is 2.97. The van der Waals surface area contributed by atoms with E-state index in [-0.39, 0.29) is 10.8 Å². The van der Waals surface area contributed by atoms with Gasteiger partial charge in [-0.25, -0.2) is 12.7 Å². The van der Waals surface area contributed by atoms with E-state index in [0.29, 0.717) is 18.7 Å². The van der Waals surface area contributed by atoms with Crippen LogP contribution in [0, 0.1) is 0 Å². The molecule has 1 amide bonds. The number of hydrogen-bond donors (Lipinski definition) is 1. The number of sulfonamides is 1. The number of benzene rings is 1. The van der Waals surface area contributed by atoms with Gasteiger partial charge in [0.25, 0.3) is 5.91 Å². The van der Waals surface area contributed by atoms with E-state index >= 15 is 0 Å². The summed E-state index contributed by atoms with van der Waals surface area (Å²) in [7, 11) is 1.03. The second-order valence-electron chi connectivity index (χ2n) is 6.62. The number of nitrogens with one attached hydrogen (secondary N) is 1. The summed E-state index contributed by atoms with van der Waals surface area (Å²) in [6.45, 7) is 2.96. The van der Waals surface area contributed by atoms with E-state index in [9.17, 15) is 13.2 Å². The highest BCUT2D eigenvalue weighted by Crippen LogP contribution is 2.28. The molecule has 1 saturated heterocycles. The molecule has 0 spiro atoms. The Morgan fingerprint density at radius 2 is 1.92 bits per heavy atom. The van der Waals surface area contributed by atoms with Crippen LogP contribution in [0.25, 0.3) is 0 Å². The molecule has 0 aromatic heterocycles. The van der Waals surface area contributed by atoms with Gasteiger partial charge in [-0.15, -0.1) is 0 Å². The van der Waals surface area contributed by atoms with Crippen LogP contribution < -0.4 is 10.2 Å². The van der Waals surface area contributed by atoms with Crippen molar-refractivity contribution in [1.29, 1.82) is 0 Å². The summed E-state index contributed by atoms with van der Waals surface area (Å²) in [5, 5.41) is 2.90. The Morgan fingerprint density at radius 1 is 1.23 bits per heavy atom. The fourth-order valence-corrected chi connectivity index (χ4v) is 3.90. The zero-order valence-electron chi connectivity index (χ0n) is 15.8. The third-order valence-corrected chi connectivity index (χ3v) is 6.31. The largest absolute Gasteiger partial charge is 0.385 e. The van der Waals surface area contributed by atoms with E-state index in [1.165, 1.54) is 20.2 Å². The molecule has 0 unspecified atom stereocenters. The molecule has 146 valence electrons. The first-order valence-corrected chi connectivity index (χ1v) is 10.4. The number of ether oxygens (including phenoxy) is 1. The molecule has 1 aliphatic rings. The first-order chi connectivity index (χ1) is 12.4. The molecule has 1 aromatic carbocycles. The molecule has 0 radical (unpaired) electrons. The van der Waals surface area contributed by atoms with Gasteiger partial charge in [0.2, 0.25) is 10.0 Å². The standard InChI is InChI=1S/C18H29N3O4S/c1-20(2)26(23,24)15-8-9-17(21-11-5-6-12-21)16(14-15)18(22)19-10-4-7-13-25-3/h8-9,14H,4-7,10-13H2,1-3H3,(H,19,22). The number of unbranched alkanes of at least 4 members (excludes halogenated alkanes) is 1. The van der Waals surface area contributed by atoms with Crippen molar-refractivity contribution in [2.75, 3.05) is 52.3 Å². The molecular weight excluding hydrogens is 354 g/mol. The van der Waals surface area contributed by atoms with Crippen LogP contribution in [-0.2, 0) is 14.8 Å². The highest BCUT2D eigenvalue weighted by atomic mass is 32.2. The van der Waals surface area contributed by atoms with E-state index in [2.05, 4.69) is 10.2 Å². The van der Waals surface area contributed by atoms with Crippen molar-refractivity contribution < 1.29 is 17.9 Å². The smallest absolute Gasteiger partial charge is 0.253 e. The van der Waals surface area contributed by atoms with E-state index in [1.807, 2.05) is 0 Å². The molecule has 7 nitrogen and oxygen atoms in total. The lowest BCUT2D eigenvalue weighted by Crippen LogP contribution is -2.29. The van der Waals surface area contributed by atoms with Crippen LogP contribution in [0.5, 0.6) is 0 Å². The molecule has 1 fully saturated rings. The SMILES string of the molecule is COCCCCNC(=O)c1cc(S(=O)(=O)N(C)C)ccc1N1CCCC1. The minimum atomic E-state index is -3.59. The van der Waals surface area contributed by atoms with Crippen molar-refractivity contribution in [3.05, 3.63) is 23.8 Å². The number of amides is 1. The molecule has 0 atom stereocenters. The van der Waals surface area contributed by atoms with Crippen LogP contribution in [0.3, 0.4) is 0 Å². The molecule has 2 rings (SSSR count). The summed E-state index contributed by atoms with van der Waals surface area (Å²) in [5.74, 6) is -0.236. The fraction of sp³-hybridized carbons (Fsp3) is 0.611. The first kappa shape index (κ1) is 20.7. The van der Waals surface area contributed by atoms with Crippen LogP contribution in [-0.4, -0.2) is 66.1 Å². The third kappa shape index (κ3) is 4.96. The number of methoxy groups -OCH3 is 1. The number of anilines is 1. The van der Waals surface area contributed by atoms with Crippen LogP contribution >= 0.6 is 0 Å². The molecule has 1 heterocycles. The van der Waals surface area contributed by atoms with Crippen molar-refractivity contribution >= 4 is 21.6 Å². The summed E-state index contributed by atoms with van der Waals surface area (Å²) in [6, 6.07) is 4.83. The van der Waals surface area contributed by atoms with Gasteiger partial charge in [0, 0.05) is 53.1 Å². The molecule has 0 aliphatic carbocycles. The number of hydrogen-bond acceptors (Lipinski definition) is 5. The summed E-state index contributed by atoms with van der Waals surface area (Å²) in [5.41, 5.74) is 1.22. The summed E-state index contributed by atoms with van der Waals surface area (Å²) < 4.78 is 31.0. The molecule has 1 aromatic rings. The highest BCUT2D eigenvalue weighted by Gasteiger charge is 2.24. The van der Waals surface area contributed by atoms with Crippen LogP contribution in [0.4, 0.5) is 5.69 Å². The first-order valence-electron chi connectivity index (χ1n) is 8.96. The molecule has 0 bridgehead atoms. The Balaban J connectivity index is 2.25. The third-order valence-electron chi connectivity index (χ3n) is 4.50. The molecular formula is C18H29N3O4S. The van der Waals surface area contributed by atoms with Gasteiger partial charge in [0.15, 0.2) is 0 Å². The van der Waals surface area contributed by atoms with Gasteiger partial charge in [-0.1, -0.05) is 0 Å². The van der Waals surface area contributed by atoms with Crippen molar-refractivity contribution in [1.82, 2.24) is 9.62 Å². The lowest BCUT2D eigenvalue weighted by Gasteiger charge is -2.22. The molecule has 1 aliphatic heterocycles. The zero-order chi connectivity index (χ0) is 19.2. The van der Waals surface area contributed by atoms with Crippen molar-refractivity contribution in [3.63, 3.8) is 0 Å². The predicted octanol–water partition coefficient (Wildman–Crippen LogP) is 1.69. The van der Waals surface area contributed by atoms with Gasteiger partial charge < -0.3 is 15.0 Å².